The maximum atomic E-state index is 13.1. The van der Waals surface area contributed by atoms with Crippen molar-refractivity contribution in [1.82, 2.24) is 0 Å². The largest absolute Gasteiger partial charge is 0.496 e. The Kier molecular flexibility index (Phi) is 16.4. The summed E-state index contributed by atoms with van der Waals surface area (Å²) >= 11 is 0. The van der Waals surface area contributed by atoms with E-state index in [0.29, 0.717) is 48.7 Å². The first-order valence-electron chi connectivity index (χ1n) is 19.7. The van der Waals surface area contributed by atoms with Crippen LogP contribution in [0.2, 0.25) is 0 Å². The molecule has 0 radical (unpaired) electrons. The Hall–Kier alpha value is -6.90. The van der Waals surface area contributed by atoms with E-state index in [1.807, 2.05) is 13.8 Å². The number of rotatable bonds is 20. The number of carbonyl (C=O) groups is 4. The van der Waals surface area contributed by atoms with Gasteiger partial charge in [0.05, 0.1) is 50.8 Å². The zero-order chi connectivity index (χ0) is 44.8. The highest BCUT2D eigenvalue weighted by Crippen LogP contribution is 2.32. The van der Waals surface area contributed by atoms with Gasteiger partial charge in [-0.15, -0.1) is 0 Å². The molecule has 0 bridgehead atoms. The van der Waals surface area contributed by atoms with E-state index in [1.165, 1.54) is 74.9 Å². The van der Waals surface area contributed by atoms with Crippen molar-refractivity contribution in [3.63, 3.8) is 0 Å². The molecular weight excluding hydrogens is 801 g/mol. The Balaban J connectivity index is 1.14. The van der Waals surface area contributed by atoms with E-state index in [9.17, 15) is 19.2 Å². The zero-order valence-corrected chi connectivity index (χ0v) is 35.9. The van der Waals surface area contributed by atoms with Gasteiger partial charge in [-0.05, 0) is 124 Å². The summed E-state index contributed by atoms with van der Waals surface area (Å²) in [6.07, 6.45) is 1.48. The van der Waals surface area contributed by atoms with Crippen LogP contribution < -0.4 is 37.9 Å². The van der Waals surface area contributed by atoms with Crippen molar-refractivity contribution >= 4 is 23.9 Å². The molecule has 0 aromatic heterocycles. The van der Waals surface area contributed by atoms with E-state index in [2.05, 4.69) is 0 Å². The third-order valence-corrected chi connectivity index (χ3v) is 9.87. The summed E-state index contributed by atoms with van der Waals surface area (Å²) in [5, 5.41) is 0. The summed E-state index contributed by atoms with van der Waals surface area (Å²) in [6.45, 7) is 8.21. The predicted octanol–water partition coefficient (Wildman–Crippen LogP) is 8.81. The minimum absolute atomic E-state index is 0.0468. The number of carbonyl (C=O) groups excluding carboxylic acids is 4. The first-order chi connectivity index (χ1) is 29.8. The minimum Gasteiger partial charge on any atom is -0.496 e. The van der Waals surface area contributed by atoms with Crippen LogP contribution in [0.3, 0.4) is 0 Å². The molecule has 2 unspecified atom stereocenters. The fourth-order valence-corrected chi connectivity index (χ4v) is 5.73. The predicted molar refractivity (Wildman–Crippen MR) is 228 cm³/mol. The van der Waals surface area contributed by atoms with Gasteiger partial charge in [-0.3, -0.25) is 0 Å². The maximum absolute atomic E-state index is 13.1. The van der Waals surface area contributed by atoms with E-state index in [0.717, 1.165) is 0 Å². The van der Waals surface area contributed by atoms with Crippen molar-refractivity contribution in [1.29, 1.82) is 0 Å². The summed E-state index contributed by atoms with van der Waals surface area (Å²) in [4.78, 5) is 52.2. The van der Waals surface area contributed by atoms with Crippen LogP contribution >= 0.6 is 0 Å². The second-order valence-corrected chi connectivity index (χ2v) is 14.0. The Morgan fingerprint density at radius 3 is 1.13 bits per heavy atom. The summed E-state index contributed by atoms with van der Waals surface area (Å²) in [5.74, 6) is -0.0562. The van der Waals surface area contributed by atoms with Gasteiger partial charge in [-0.25, -0.2) is 19.2 Å². The average Bonchev–Trinajstić information content (AvgIpc) is 3.28. The van der Waals surface area contributed by atoms with Crippen LogP contribution in [0.25, 0.3) is 0 Å². The van der Waals surface area contributed by atoms with Gasteiger partial charge >= 0.3 is 23.9 Å². The normalized spacial score (nSPS) is 11.7. The first-order valence-corrected chi connectivity index (χ1v) is 19.7. The molecule has 14 heteroatoms. The molecule has 2 atom stereocenters. The van der Waals surface area contributed by atoms with Crippen molar-refractivity contribution in [2.45, 2.75) is 52.7 Å². The highest BCUT2D eigenvalue weighted by Gasteiger charge is 2.20. The zero-order valence-electron chi connectivity index (χ0n) is 35.9. The molecule has 326 valence electrons. The van der Waals surface area contributed by atoms with E-state index < -0.39 is 23.9 Å². The Morgan fingerprint density at radius 2 is 0.790 bits per heavy atom. The standard InChI is InChI=1S/C48H50O14/c1-29(53-5)23-25-57-37-17-19-39(43(27-37)55-7)47(51)59-35-13-9-33(10-14-35)45(49)61-41-21-22-42(32(4)31(41)3)62-46(50)34-11-15-36(16-12-34)60-48(52)40-20-18-38(28-44(40)56-8)58-26-24-30(2)54-6/h9-22,27-30H,23-26H2,1-8H3. The van der Waals surface area contributed by atoms with Gasteiger partial charge in [0.15, 0.2) is 0 Å². The Morgan fingerprint density at radius 1 is 0.435 bits per heavy atom. The molecule has 0 N–H and O–H groups in total. The Labute approximate surface area is 360 Å². The van der Waals surface area contributed by atoms with Crippen LogP contribution in [0.5, 0.6) is 46.0 Å². The topological polar surface area (TPSA) is 161 Å². The van der Waals surface area contributed by atoms with Crippen molar-refractivity contribution < 1.29 is 66.5 Å². The molecule has 5 rings (SSSR count). The van der Waals surface area contributed by atoms with Gasteiger partial charge in [0.2, 0.25) is 0 Å². The SMILES string of the molecule is COc1cc(OCCC(C)OC)ccc1C(=O)Oc1ccc(C(=O)Oc2ccc(OC(=O)c3ccc(OC(=O)c4ccc(OCCC(C)OC)cc4OC)cc3)c(C)c2C)cc1. The van der Waals surface area contributed by atoms with Crippen LogP contribution in [-0.4, -0.2) is 77.7 Å². The molecule has 5 aromatic carbocycles. The molecule has 0 heterocycles. The molecule has 0 fully saturated rings. The third kappa shape index (κ3) is 12.3. The Bertz CT molecular complexity index is 2170. The van der Waals surface area contributed by atoms with E-state index >= 15 is 0 Å². The van der Waals surface area contributed by atoms with E-state index in [-0.39, 0.29) is 69.0 Å². The van der Waals surface area contributed by atoms with Gasteiger partial charge in [0.1, 0.15) is 57.1 Å². The highest BCUT2D eigenvalue weighted by molar-refractivity contribution is 5.96. The van der Waals surface area contributed by atoms with Crippen molar-refractivity contribution in [2.75, 3.05) is 41.7 Å². The summed E-state index contributed by atoms with van der Waals surface area (Å²) in [7, 11) is 6.16. The molecule has 14 nitrogen and oxygen atoms in total. The monoisotopic (exact) mass is 850 g/mol. The lowest BCUT2D eigenvalue weighted by atomic mass is 10.1. The number of hydrogen-bond donors (Lipinski definition) is 0. The molecule has 0 spiro atoms. The van der Waals surface area contributed by atoms with Crippen molar-refractivity contribution in [3.05, 3.63) is 130 Å². The minimum atomic E-state index is -0.656. The van der Waals surface area contributed by atoms with Gasteiger partial charge in [-0.2, -0.15) is 0 Å². The van der Waals surface area contributed by atoms with E-state index in [1.54, 1.807) is 64.5 Å². The smallest absolute Gasteiger partial charge is 0.347 e. The first kappa shape index (κ1) is 46.2. The van der Waals surface area contributed by atoms with Gasteiger partial charge in [0, 0.05) is 39.2 Å². The second kappa shape index (κ2) is 22.1. The van der Waals surface area contributed by atoms with Crippen LogP contribution in [0.4, 0.5) is 0 Å². The lowest BCUT2D eigenvalue weighted by molar-refractivity contribution is 0.0714. The van der Waals surface area contributed by atoms with Crippen LogP contribution in [0.1, 0.15) is 79.2 Å². The molecule has 0 amide bonds. The average molecular weight is 851 g/mol. The molecule has 5 aromatic rings. The van der Waals surface area contributed by atoms with Crippen LogP contribution in [0, 0.1) is 13.8 Å². The van der Waals surface area contributed by atoms with Gasteiger partial charge < -0.3 is 47.4 Å². The number of esters is 4. The maximum Gasteiger partial charge on any atom is 0.347 e. The summed E-state index contributed by atoms with van der Waals surface area (Å²) in [5.41, 5.74) is 1.95. The van der Waals surface area contributed by atoms with Crippen LogP contribution in [0.15, 0.2) is 97.1 Å². The molecule has 0 saturated heterocycles. The molecule has 0 aliphatic heterocycles. The second-order valence-electron chi connectivity index (χ2n) is 14.0. The molecular formula is C48H50O14. The number of methoxy groups -OCH3 is 4. The lowest BCUT2D eigenvalue weighted by Crippen LogP contribution is -2.13. The van der Waals surface area contributed by atoms with Gasteiger partial charge in [0.25, 0.3) is 0 Å². The van der Waals surface area contributed by atoms with Gasteiger partial charge in [-0.1, -0.05) is 0 Å². The molecule has 0 aliphatic rings. The number of ether oxygens (including phenoxy) is 10. The lowest BCUT2D eigenvalue weighted by Gasteiger charge is -2.14. The highest BCUT2D eigenvalue weighted by atomic mass is 16.6. The van der Waals surface area contributed by atoms with E-state index in [4.69, 9.17) is 47.4 Å². The molecule has 0 saturated carbocycles. The fraction of sp³-hybridized carbons (Fsp3) is 0.292. The van der Waals surface area contributed by atoms with Crippen molar-refractivity contribution in [2.24, 2.45) is 0 Å². The fourth-order valence-electron chi connectivity index (χ4n) is 5.73. The third-order valence-electron chi connectivity index (χ3n) is 9.87. The molecule has 62 heavy (non-hydrogen) atoms. The summed E-state index contributed by atoms with van der Waals surface area (Å²) in [6, 6.07) is 24.5. The van der Waals surface area contributed by atoms with Crippen molar-refractivity contribution in [3.8, 4) is 46.0 Å². The summed E-state index contributed by atoms with van der Waals surface area (Å²) < 4.78 is 55.2. The number of hydrogen-bond acceptors (Lipinski definition) is 14. The van der Waals surface area contributed by atoms with Crippen LogP contribution in [-0.2, 0) is 9.47 Å². The number of benzene rings is 5. The molecule has 0 aliphatic carbocycles. The quantitative estimate of drug-likeness (QED) is 0.0540.